The van der Waals surface area contributed by atoms with Gasteiger partial charge in [-0.3, -0.25) is 19.4 Å². The van der Waals surface area contributed by atoms with E-state index in [1.54, 1.807) is 6.07 Å². The molecule has 0 spiro atoms. The minimum absolute atomic E-state index is 0.0318. The molecule has 1 aliphatic heterocycles. The Kier molecular flexibility index (Phi) is 7.44. The second-order valence-electron chi connectivity index (χ2n) is 7.28. The molecule has 31 heavy (non-hydrogen) atoms. The molecule has 5 N–H and O–H groups in total. The summed E-state index contributed by atoms with van der Waals surface area (Å²) in [5.74, 6) is -1.31. The fourth-order valence-electron chi connectivity index (χ4n) is 2.97. The smallest absolute Gasteiger partial charge is 0.340 e. The van der Waals surface area contributed by atoms with E-state index in [2.05, 4.69) is 15.6 Å². The molecule has 1 saturated heterocycles. The highest BCUT2D eigenvalue weighted by molar-refractivity contribution is 7.70. The first-order valence-corrected chi connectivity index (χ1v) is 13.1. The van der Waals surface area contributed by atoms with Gasteiger partial charge in [-0.15, -0.1) is 0 Å². The number of nitrogens with zero attached hydrogens (tertiary/aromatic N) is 3. The molecule has 2 aromatic heterocycles. The van der Waals surface area contributed by atoms with E-state index in [-0.39, 0.29) is 17.7 Å². The van der Waals surface area contributed by atoms with Gasteiger partial charge in [-0.05, 0) is 13.8 Å². The third kappa shape index (κ3) is 6.45. The number of halogens is 1. The molecule has 174 valence electrons. The lowest BCUT2D eigenvalue weighted by Crippen LogP contribution is -2.21. The highest BCUT2D eigenvalue weighted by Gasteiger charge is 2.39. The Bertz CT molecular complexity index is 1030. The first kappa shape index (κ1) is 24.5. The number of hydrogen-bond donors (Lipinski definition) is 5. The number of ether oxygens (including phenoxy) is 1. The average molecular weight is 501 g/mol. The summed E-state index contributed by atoms with van der Waals surface area (Å²) >= 11 is 6.10. The lowest BCUT2D eigenvalue weighted by atomic mass is 10.2. The summed E-state index contributed by atoms with van der Waals surface area (Å²) in [4.78, 5) is 36.9. The van der Waals surface area contributed by atoms with Crippen molar-refractivity contribution in [1.29, 1.82) is 0 Å². The van der Waals surface area contributed by atoms with Gasteiger partial charge in [-0.25, -0.2) is 9.67 Å². The third-order valence-electron chi connectivity index (χ3n) is 4.17. The minimum Gasteiger partial charge on any atom is -0.388 e. The maximum Gasteiger partial charge on any atom is 0.340 e. The molecule has 3 heterocycles. The summed E-state index contributed by atoms with van der Waals surface area (Å²) in [5, 5.41) is 15.3. The number of aromatic nitrogens is 3. The summed E-state index contributed by atoms with van der Waals surface area (Å²) < 4.78 is 34.5. The number of fused-ring (bicyclic) bond motifs is 1. The van der Waals surface area contributed by atoms with Gasteiger partial charge in [-0.2, -0.15) is 5.10 Å². The number of pyridine rings is 1. The monoisotopic (exact) mass is 500 g/mol. The molecular weight excluding hydrogens is 478 g/mol. The van der Waals surface area contributed by atoms with Crippen LogP contribution in [0.4, 0.5) is 5.69 Å². The molecule has 0 saturated carbocycles. The normalized spacial score (nSPS) is 24.1. The molecule has 1 fully saturated rings. The van der Waals surface area contributed by atoms with Crippen molar-refractivity contribution >= 4 is 43.5 Å². The summed E-state index contributed by atoms with van der Waals surface area (Å²) in [7, 11) is -9.27. The zero-order chi connectivity index (χ0) is 23.0. The molecule has 0 aliphatic carbocycles. The molecular formula is C15H23ClN4O9P2. The zero-order valence-electron chi connectivity index (χ0n) is 16.5. The molecule has 0 amide bonds. The maximum absolute atomic E-state index is 11.8. The number of nitrogens with one attached hydrogen (secondary N) is 1. The molecule has 3 rings (SSSR count). The summed E-state index contributed by atoms with van der Waals surface area (Å²) in [6.07, 6.45) is -1.45. The van der Waals surface area contributed by atoms with Gasteiger partial charge in [0.1, 0.15) is 11.3 Å². The Morgan fingerprint density at radius 2 is 2.10 bits per heavy atom. The Balaban J connectivity index is 1.75. The van der Waals surface area contributed by atoms with Crippen molar-refractivity contribution in [3.05, 3.63) is 17.4 Å². The predicted molar refractivity (Wildman–Crippen MR) is 110 cm³/mol. The van der Waals surface area contributed by atoms with E-state index < -0.39 is 46.1 Å². The van der Waals surface area contributed by atoms with Gasteiger partial charge < -0.3 is 29.0 Å². The number of hydrogen-bond acceptors (Lipinski definition) is 9. The van der Waals surface area contributed by atoms with Crippen LogP contribution in [0, 0.1) is 0 Å². The number of aliphatic hydroxyl groups is 1. The largest absolute Gasteiger partial charge is 0.388 e. The molecule has 16 heteroatoms. The molecule has 1 unspecified atom stereocenters. The molecule has 0 bridgehead atoms. The van der Waals surface area contributed by atoms with E-state index in [1.807, 2.05) is 13.8 Å². The van der Waals surface area contributed by atoms with Crippen LogP contribution in [0.3, 0.4) is 0 Å². The zero-order valence-corrected chi connectivity index (χ0v) is 19.1. The Labute approximate surface area is 181 Å². The lowest BCUT2D eigenvalue weighted by Gasteiger charge is -2.18. The number of rotatable bonds is 9. The highest BCUT2D eigenvalue weighted by Crippen LogP contribution is 2.55. The maximum atomic E-state index is 11.8. The van der Waals surface area contributed by atoms with Crippen LogP contribution < -0.4 is 5.48 Å². The van der Waals surface area contributed by atoms with Gasteiger partial charge in [0.25, 0.3) is 0 Å². The molecule has 0 aromatic carbocycles. The summed E-state index contributed by atoms with van der Waals surface area (Å²) in [6.45, 7) is 3.22. The van der Waals surface area contributed by atoms with Crippen LogP contribution in [0.15, 0.2) is 12.3 Å². The fourth-order valence-corrected chi connectivity index (χ4v) is 5.75. The van der Waals surface area contributed by atoms with Crippen LogP contribution in [0.25, 0.3) is 11.0 Å². The fraction of sp³-hybridized carbons (Fsp3) is 0.600. The molecule has 13 nitrogen and oxygen atoms in total. The SMILES string of the molecule is CC(C)ONc1cc(Cl)nc2c1cnn2[C@@H]1O[C@H](COP(=O)(O)CP(=O)(O)O)C[C@H]1O. The van der Waals surface area contributed by atoms with Gasteiger partial charge in [-0.1, -0.05) is 11.6 Å². The van der Waals surface area contributed by atoms with Crippen molar-refractivity contribution < 1.29 is 43.0 Å². The quantitative estimate of drug-likeness (QED) is 0.191. The molecule has 4 atom stereocenters. The first-order valence-electron chi connectivity index (χ1n) is 9.14. The number of anilines is 1. The van der Waals surface area contributed by atoms with Crippen molar-refractivity contribution in [2.24, 2.45) is 0 Å². The van der Waals surface area contributed by atoms with Crippen molar-refractivity contribution in [3.63, 3.8) is 0 Å². The van der Waals surface area contributed by atoms with Crippen molar-refractivity contribution in [2.75, 3.05) is 18.0 Å². The van der Waals surface area contributed by atoms with E-state index in [0.29, 0.717) is 16.7 Å². The van der Waals surface area contributed by atoms with E-state index >= 15 is 0 Å². The standard InChI is InChI=1S/C15H23ClN4O9P2/c1-8(2)29-19-11-4-13(16)18-14-10(11)5-17-20(14)15-12(21)3-9(28-15)6-27-31(25,26)7-30(22,23)24/h4-5,8-9,12,15,21H,3,6-7H2,1-2H3,(H,18,19)(H,25,26)(H2,22,23,24)/t9-,12+,15+/m0/s1. The van der Waals surface area contributed by atoms with E-state index in [4.69, 9.17) is 35.5 Å². The van der Waals surface area contributed by atoms with Gasteiger partial charge in [0.05, 0.1) is 36.1 Å². The second kappa shape index (κ2) is 9.40. The van der Waals surface area contributed by atoms with Gasteiger partial charge in [0.2, 0.25) is 0 Å². The van der Waals surface area contributed by atoms with Crippen molar-refractivity contribution in [1.82, 2.24) is 14.8 Å². The summed E-state index contributed by atoms with van der Waals surface area (Å²) in [6, 6.07) is 1.56. The van der Waals surface area contributed by atoms with Crippen LogP contribution in [0.5, 0.6) is 0 Å². The topological polar surface area (TPSA) is 185 Å². The van der Waals surface area contributed by atoms with Gasteiger partial charge in [0.15, 0.2) is 17.8 Å². The van der Waals surface area contributed by atoms with Gasteiger partial charge >= 0.3 is 15.2 Å². The first-order chi connectivity index (χ1) is 14.3. The van der Waals surface area contributed by atoms with Crippen LogP contribution in [0.1, 0.15) is 26.5 Å². The van der Waals surface area contributed by atoms with Crippen LogP contribution >= 0.6 is 26.8 Å². The Morgan fingerprint density at radius 3 is 2.74 bits per heavy atom. The second-order valence-corrected chi connectivity index (χ2v) is 11.7. The van der Waals surface area contributed by atoms with Gasteiger partial charge in [0, 0.05) is 12.5 Å². The van der Waals surface area contributed by atoms with Crippen molar-refractivity contribution in [2.45, 2.75) is 44.8 Å². The predicted octanol–water partition coefficient (Wildman–Crippen LogP) is 1.82. The average Bonchev–Trinajstić information content (AvgIpc) is 3.19. The van der Waals surface area contributed by atoms with E-state index in [0.717, 1.165) is 0 Å². The Morgan fingerprint density at radius 1 is 1.39 bits per heavy atom. The van der Waals surface area contributed by atoms with Crippen LogP contribution in [-0.4, -0.2) is 65.4 Å². The number of aliphatic hydroxyl groups excluding tert-OH is 1. The van der Waals surface area contributed by atoms with E-state index in [9.17, 15) is 19.1 Å². The summed E-state index contributed by atoms with van der Waals surface area (Å²) in [5.41, 5.74) is 3.61. The molecule has 2 aromatic rings. The van der Waals surface area contributed by atoms with Crippen LogP contribution in [-0.2, 0) is 23.2 Å². The molecule has 1 aliphatic rings. The molecule has 0 radical (unpaired) electrons. The third-order valence-corrected chi connectivity index (χ3v) is 7.82. The minimum atomic E-state index is -4.74. The van der Waals surface area contributed by atoms with Crippen molar-refractivity contribution in [3.8, 4) is 0 Å². The van der Waals surface area contributed by atoms with E-state index in [1.165, 1.54) is 10.9 Å². The highest BCUT2D eigenvalue weighted by atomic mass is 35.5. The Hall–Kier alpha value is -1.11. The lowest BCUT2D eigenvalue weighted by molar-refractivity contribution is -0.0527. The van der Waals surface area contributed by atoms with Crippen LogP contribution in [0.2, 0.25) is 5.15 Å².